The zero-order chi connectivity index (χ0) is 18.9. The molecule has 4 nitrogen and oxygen atoms in total. The lowest BCUT2D eigenvalue weighted by molar-refractivity contribution is 0.0983. The summed E-state index contributed by atoms with van der Waals surface area (Å²) in [6.45, 7) is 6.36. The number of benzene rings is 2. The van der Waals surface area contributed by atoms with Crippen LogP contribution in [0.1, 0.15) is 36.7 Å². The average molecular weight is 369 g/mol. The maximum atomic E-state index is 13.2. The van der Waals surface area contributed by atoms with Crippen LogP contribution in [0.5, 0.6) is 0 Å². The van der Waals surface area contributed by atoms with Gasteiger partial charge in [0.15, 0.2) is 9.84 Å². The van der Waals surface area contributed by atoms with Crippen molar-refractivity contribution in [1.29, 1.82) is 0 Å². The Kier molecular flexibility index (Phi) is 4.76. The van der Waals surface area contributed by atoms with Crippen molar-refractivity contribution in [3.05, 3.63) is 77.2 Å². The molecule has 5 heteroatoms. The van der Waals surface area contributed by atoms with Crippen LogP contribution < -0.4 is 4.90 Å². The third-order valence-electron chi connectivity index (χ3n) is 4.49. The third kappa shape index (κ3) is 3.88. The van der Waals surface area contributed by atoms with E-state index in [1.165, 1.54) is 5.41 Å². The smallest absolute Gasteiger partial charge is 0.258 e. The van der Waals surface area contributed by atoms with Crippen LogP contribution in [0.2, 0.25) is 0 Å². The van der Waals surface area contributed by atoms with E-state index in [0.717, 1.165) is 5.56 Å². The van der Waals surface area contributed by atoms with E-state index in [1.807, 2.05) is 54.6 Å². The van der Waals surface area contributed by atoms with Gasteiger partial charge in [0.25, 0.3) is 5.91 Å². The lowest BCUT2D eigenvalue weighted by Gasteiger charge is -2.28. The fourth-order valence-corrected chi connectivity index (χ4v) is 4.29. The Morgan fingerprint density at radius 2 is 1.62 bits per heavy atom. The van der Waals surface area contributed by atoms with Crippen molar-refractivity contribution in [2.45, 2.75) is 32.2 Å². The number of rotatable bonds is 3. The molecule has 1 amide bonds. The van der Waals surface area contributed by atoms with Crippen molar-refractivity contribution in [2.75, 3.05) is 10.7 Å². The molecule has 0 N–H and O–H groups in total. The molecule has 0 fully saturated rings. The SMILES string of the molecule is CC(C)(C)c1ccc(C(=O)N(c2ccccc2)C2C=CS(=O)(=O)C2)cc1. The molecule has 0 bridgehead atoms. The number of amides is 1. The fraction of sp³-hybridized carbons (Fsp3) is 0.286. The number of carbonyl (C=O) groups excluding carboxylic acids is 1. The van der Waals surface area contributed by atoms with Gasteiger partial charge in [-0.1, -0.05) is 51.1 Å². The summed E-state index contributed by atoms with van der Waals surface area (Å²) in [6.07, 6.45) is 1.59. The molecule has 1 heterocycles. The summed E-state index contributed by atoms with van der Waals surface area (Å²) in [5.74, 6) is -0.295. The van der Waals surface area contributed by atoms with Crippen molar-refractivity contribution in [2.24, 2.45) is 0 Å². The van der Waals surface area contributed by atoms with Gasteiger partial charge < -0.3 is 4.90 Å². The van der Waals surface area contributed by atoms with E-state index in [2.05, 4.69) is 20.8 Å². The second-order valence-electron chi connectivity index (χ2n) is 7.56. The van der Waals surface area contributed by atoms with Crippen molar-refractivity contribution in [1.82, 2.24) is 0 Å². The number of carbonyl (C=O) groups is 1. The number of hydrogen-bond donors (Lipinski definition) is 0. The summed E-state index contributed by atoms with van der Waals surface area (Å²) < 4.78 is 23.7. The number of para-hydroxylation sites is 1. The van der Waals surface area contributed by atoms with Crippen LogP contribution in [-0.2, 0) is 15.3 Å². The minimum absolute atomic E-state index is 0.00294. The largest absolute Gasteiger partial charge is 0.300 e. The van der Waals surface area contributed by atoms with Gasteiger partial charge in [-0.2, -0.15) is 0 Å². The first-order valence-electron chi connectivity index (χ1n) is 8.57. The minimum atomic E-state index is -3.26. The summed E-state index contributed by atoms with van der Waals surface area (Å²) in [4.78, 5) is 14.8. The summed E-state index contributed by atoms with van der Waals surface area (Å²) in [7, 11) is -3.26. The van der Waals surface area contributed by atoms with Gasteiger partial charge in [-0.05, 0) is 41.3 Å². The van der Waals surface area contributed by atoms with Crippen LogP contribution in [0.25, 0.3) is 0 Å². The molecule has 1 atom stereocenters. The lowest BCUT2D eigenvalue weighted by Crippen LogP contribution is -2.41. The van der Waals surface area contributed by atoms with Crippen molar-refractivity contribution in [3.8, 4) is 0 Å². The normalized spacial score (nSPS) is 18.7. The summed E-state index contributed by atoms with van der Waals surface area (Å²) in [5.41, 5.74) is 2.37. The predicted octanol–water partition coefficient (Wildman–Crippen LogP) is 3.94. The van der Waals surface area contributed by atoms with Crippen molar-refractivity contribution in [3.63, 3.8) is 0 Å². The quantitative estimate of drug-likeness (QED) is 0.823. The Balaban J connectivity index is 1.97. The van der Waals surface area contributed by atoms with Crippen LogP contribution in [0.4, 0.5) is 5.69 Å². The Bertz CT molecular complexity index is 923. The Morgan fingerprint density at radius 1 is 1.00 bits per heavy atom. The van der Waals surface area contributed by atoms with E-state index in [4.69, 9.17) is 0 Å². The van der Waals surface area contributed by atoms with Gasteiger partial charge in [0, 0.05) is 16.7 Å². The third-order valence-corrected chi connectivity index (χ3v) is 5.87. The highest BCUT2D eigenvalue weighted by Gasteiger charge is 2.32. The van der Waals surface area contributed by atoms with Gasteiger partial charge >= 0.3 is 0 Å². The van der Waals surface area contributed by atoms with Gasteiger partial charge in [0.05, 0.1) is 11.8 Å². The van der Waals surface area contributed by atoms with E-state index in [0.29, 0.717) is 11.3 Å². The Hall–Kier alpha value is -2.40. The number of sulfone groups is 1. The summed E-state index contributed by atoms with van der Waals surface area (Å²) in [5, 5.41) is 1.20. The molecule has 0 saturated heterocycles. The van der Waals surface area contributed by atoms with Crippen molar-refractivity contribution >= 4 is 21.4 Å². The number of anilines is 1. The molecule has 0 spiro atoms. The van der Waals surface area contributed by atoms with E-state index < -0.39 is 15.9 Å². The van der Waals surface area contributed by atoms with Crippen LogP contribution in [0.15, 0.2) is 66.1 Å². The number of hydrogen-bond acceptors (Lipinski definition) is 3. The molecule has 0 aliphatic carbocycles. The average Bonchev–Trinajstić information content (AvgIpc) is 2.95. The molecular formula is C21H23NO3S. The summed E-state index contributed by atoms with van der Waals surface area (Å²) >= 11 is 0. The molecular weight excluding hydrogens is 346 g/mol. The molecule has 2 aromatic rings. The topological polar surface area (TPSA) is 54.5 Å². The van der Waals surface area contributed by atoms with Crippen LogP contribution in [0, 0.1) is 0 Å². The first-order valence-corrected chi connectivity index (χ1v) is 10.3. The van der Waals surface area contributed by atoms with Gasteiger partial charge in [0.1, 0.15) is 0 Å². The maximum absolute atomic E-state index is 13.2. The highest BCUT2D eigenvalue weighted by Crippen LogP contribution is 2.26. The zero-order valence-corrected chi connectivity index (χ0v) is 16.0. The molecule has 26 heavy (non-hydrogen) atoms. The van der Waals surface area contributed by atoms with Crippen LogP contribution >= 0.6 is 0 Å². The molecule has 0 radical (unpaired) electrons. The Morgan fingerprint density at radius 3 is 2.12 bits per heavy atom. The molecule has 1 aliphatic rings. The molecule has 1 aliphatic heterocycles. The van der Waals surface area contributed by atoms with E-state index in [-0.39, 0.29) is 17.1 Å². The van der Waals surface area contributed by atoms with Crippen LogP contribution in [-0.4, -0.2) is 26.1 Å². The molecule has 2 aromatic carbocycles. The minimum Gasteiger partial charge on any atom is -0.300 e. The molecule has 0 saturated carbocycles. The second kappa shape index (κ2) is 6.72. The van der Waals surface area contributed by atoms with E-state index in [9.17, 15) is 13.2 Å². The highest BCUT2D eigenvalue weighted by atomic mass is 32.2. The van der Waals surface area contributed by atoms with Gasteiger partial charge in [-0.15, -0.1) is 0 Å². The second-order valence-corrected chi connectivity index (χ2v) is 9.49. The van der Waals surface area contributed by atoms with E-state index >= 15 is 0 Å². The lowest BCUT2D eigenvalue weighted by atomic mass is 9.86. The monoisotopic (exact) mass is 369 g/mol. The first kappa shape index (κ1) is 18.4. The van der Waals surface area contributed by atoms with Crippen LogP contribution in [0.3, 0.4) is 0 Å². The molecule has 1 unspecified atom stereocenters. The molecule has 0 aromatic heterocycles. The highest BCUT2D eigenvalue weighted by molar-refractivity contribution is 7.94. The standard InChI is InChI=1S/C21H23NO3S/c1-21(2,3)17-11-9-16(10-12-17)20(23)22(18-7-5-4-6-8-18)19-13-14-26(24,25)15-19/h4-14,19H,15H2,1-3H3. The molecule has 136 valence electrons. The van der Waals surface area contributed by atoms with E-state index in [1.54, 1.807) is 11.0 Å². The zero-order valence-electron chi connectivity index (χ0n) is 15.2. The maximum Gasteiger partial charge on any atom is 0.258 e. The first-order chi connectivity index (χ1) is 12.2. The van der Waals surface area contributed by atoms with Gasteiger partial charge in [-0.25, -0.2) is 8.42 Å². The van der Waals surface area contributed by atoms with Gasteiger partial charge in [0.2, 0.25) is 0 Å². The molecule has 3 rings (SSSR count). The Labute approximate surface area is 155 Å². The predicted molar refractivity (Wildman–Crippen MR) is 105 cm³/mol. The fourth-order valence-electron chi connectivity index (χ4n) is 3.02. The van der Waals surface area contributed by atoms with Crippen molar-refractivity contribution < 1.29 is 13.2 Å². The number of nitrogens with zero attached hydrogens (tertiary/aromatic N) is 1. The summed E-state index contributed by atoms with van der Waals surface area (Å²) in [6, 6.07) is 16.2. The van der Waals surface area contributed by atoms with Gasteiger partial charge in [-0.3, -0.25) is 4.79 Å².